The Hall–Kier alpha value is -0.960. The van der Waals surface area contributed by atoms with Gasteiger partial charge in [-0.25, -0.2) is 8.78 Å². The number of halogens is 2. The highest BCUT2D eigenvalue weighted by Gasteiger charge is 2.38. The highest BCUT2D eigenvalue weighted by Crippen LogP contribution is 2.45. The molecule has 0 spiro atoms. The molecular weight excluding hydrogens is 198 g/mol. The molecule has 0 amide bonds. The van der Waals surface area contributed by atoms with Gasteiger partial charge in [0.15, 0.2) is 0 Å². The molecule has 3 heteroatoms. The highest BCUT2D eigenvalue weighted by atomic mass is 19.3. The van der Waals surface area contributed by atoms with Crippen molar-refractivity contribution in [2.45, 2.75) is 31.8 Å². The molecule has 2 rings (SSSR count). The molecule has 0 bridgehead atoms. The van der Waals surface area contributed by atoms with Crippen molar-refractivity contribution >= 4 is 0 Å². The Morgan fingerprint density at radius 3 is 2.60 bits per heavy atom. The number of aliphatic hydroxyl groups excluding tert-OH is 1. The number of rotatable bonds is 4. The van der Waals surface area contributed by atoms with Crippen molar-refractivity contribution in [3.8, 4) is 0 Å². The molecule has 1 aliphatic carbocycles. The van der Waals surface area contributed by atoms with E-state index in [1.165, 1.54) is 0 Å². The van der Waals surface area contributed by atoms with Gasteiger partial charge in [-0.15, -0.1) is 0 Å². The summed E-state index contributed by atoms with van der Waals surface area (Å²) in [6.45, 7) is -0.0888. The van der Waals surface area contributed by atoms with E-state index in [0.717, 1.165) is 12.8 Å². The highest BCUT2D eigenvalue weighted by molar-refractivity contribution is 5.28. The summed E-state index contributed by atoms with van der Waals surface area (Å²) in [5.41, 5.74) is 1.37. The van der Waals surface area contributed by atoms with E-state index in [4.69, 9.17) is 5.11 Å². The molecule has 0 radical (unpaired) electrons. The molecule has 0 saturated heterocycles. The maximum absolute atomic E-state index is 12.8. The Balaban J connectivity index is 2.24. The minimum atomic E-state index is -2.30. The van der Waals surface area contributed by atoms with Crippen LogP contribution in [0.3, 0.4) is 0 Å². The topological polar surface area (TPSA) is 20.2 Å². The Morgan fingerprint density at radius 1 is 1.33 bits per heavy atom. The average molecular weight is 212 g/mol. The van der Waals surface area contributed by atoms with Crippen molar-refractivity contribution in [3.05, 3.63) is 35.4 Å². The van der Waals surface area contributed by atoms with E-state index < -0.39 is 12.3 Å². The fourth-order valence-corrected chi connectivity index (χ4v) is 1.98. The predicted octanol–water partition coefficient (Wildman–Crippen LogP) is 2.94. The van der Waals surface area contributed by atoms with Crippen molar-refractivity contribution < 1.29 is 13.9 Å². The molecule has 0 heterocycles. The van der Waals surface area contributed by atoms with Gasteiger partial charge in [0.05, 0.1) is 6.61 Å². The van der Waals surface area contributed by atoms with Crippen LogP contribution in [0, 0.1) is 5.92 Å². The van der Waals surface area contributed by atoms with Crippen LogP contribution in [0.5, 0.6) is 0 Å². The number of hydrogen-bond acceptors (Lipinski definition) is 1. The maximum Gasteiger partial charge on any atom is 0.245 e. The quantitative estimate of drug-likeness (QED) is 0.813. The lowest BCUT2D eigenvalue weighted by molar-refractivity contribution is 0.104. The lowest BCUT2D eigenvalue weighted by atomic mass is 9.93. The van der Waals surface area contributed by atoms with Gasteiger partial charge in [0.2, 0.25) is 6.43 Å². The average Bonchev–Trinajstić information content (AvgIpc) is 3.02. The molecule has 1 nitrogen and oxygen atoms in total. The fraction of sp³-hybridized carbons (Fsp3) is 0.500. The maximum atomic E-state index is 12.8. The summed E-state index contributed by atoms with van der Waals surface area (Å²) in [5, 5.41) is 8.95. The third-order valence-electron chi connectivity index (χ3n) is 2.92. The zero-order valence-corrected chi connectivity index (χ0v) is 8.37. The first kappa shape index (κ1) is 10.6. The summed E-state index contributed by atoms with van der Waals surface area (Å²) in [6, 6.07) is 6.90. The van der Waals surface area contributed by atoms with Gasteiger partial charge in [0.25, 0.3) is 0 Å². The molecule has 1 atom stereocenters. The largest absolute Gasteiger partial charge is 0.392 e. The van der Waals surface area contributed by atoms with E-state index in [1.807, 2.05) is 0 Å². The molecule has 1 aliphatic rings. The summed E-state index contributed by atoms with van der Waals surface area (Å²) in [5.74, 6) is -0.504. The van der Waals surface area contributed by atoms with Crippen molar-refractivity contribution in [3.63, 3.8) is 0 Å². The Labute approximate surface area is 87.7 Å². The van der Waals surface area contributed by atoms with E-state index in [9.17, 15) is 8.78 Å². The Morgan fingerprint density at radius 2 is 2.07 bits per heavy atom. The molecule has 1 N–H and O–H groups in total. The van der Waals surface area contributed by atoms with E-state index >= 15 is 0 Å². The third-order valence-corrected chi connectivity index (χ3v) is 2.92. The summed E-state index contributed by atoms with van der Waals surface area (Å²) < 4.78 is 25.7. The van der Waals surface area contributed by atoms with E-state index in [2.05, 4.69) is 0 Å². The summed E-state index contributed by atoms with van der Waals surface area (Å²) in [7, 11) is 0. The van der Waals surface area contributed by atoms with Gasteiger partial charge in [-0.05, 0) is 29.9 Å². The first-order valence-electron chi connectivity index (χ1n) is 5.20. The van der Waals surface area contributed by atoms with Crippen molar-refractivity contribution in [2.24, 2.45) is 5.92 Å². The first-order chi connectivity index (χ1) is 7.22. The van der Waals surface area contributed by atoms with Crippen molar-refractivity contribution in [2.75, 3.05) is 0 Å². The van der Waals surface area contributed by atoms with Crippen molar-refractivity contribution in [1.29, 1.82) is 0 Å². The Kier molecular flexibility index (Phi) is 3.00. The molecule has 0 aliphatic heterocycles. The number of hydrogen-bond donors (Lipinski definition) is 1. The van der Waals surface area contributed by atoms with Gasteiger partial charge in [0, 0.05) is 5.92 Å². The van der Waals surface area contributed by atoms with Crippen LogP contribution >= 0.6 is 0 Å². The summed E-state index contributed by atoms with van der Waals surface area (Å²) in [4.78, 5) is 0. The smallest absolute Gasteiger partial charge is 0.245 e. The molecule has 1 aromatic rings. The summed E-state index contributed by atoms with van der Waals surface area (Å²) in [6.07, 6.45) is -0.497. The monoisotopic (exact) mass is 212 g/mol. The molecular formula is C12H14F2O. The van der Waals surface area contributed by atoms with Crippen molar-refractivity contribution in [1.82, 2.24) is 0 Å². The number of alkyl halides is 2. The van der Waals surface area contributed by atoms with Gasteiger partial charge in [-0.3, -0.25) is 0 Å². The minimum Gasteiger partial charge on any atom is -0.392 e. The normalized spacial score (nSPS) is 18.1. The van der Waals surface area contributed by atoms with Crippen LogP contribution in [0.15, 0.2) is 24.3 Å². The Bertz CT molecular complexity index is 332. The van der Waals surface area contributed by atoms with Crippen LogP contribution in [0.4, 0.5) is 8.78 Å². The number of benzene rings is 1. The number of aliphatic hydroxyl groups is 1. The zero-order valence-electron chi connectivity index (χ0n) is 8.37. The fourth-order valence-electron chi connectivity index (χ4n) is 1.98. The van der Waals surface area contributed by atoms with Gasteiger partial charge < -0.3 is 5.11 Å². The van der Waals surface area contributed by atoms with Crippen LogP contribution < -0.4 is 0 Å². The standard InChI is InChI=1S/C12H14F2O/c13-12(14)11(9-4-5-9)10-3-1-2-8(6-10)7-15/h1-3,6,9,11-12,15H,4-5,7H2. The van der Waals surface area contributed by atoms with Crippen LogP contribution in [0.1, 0.15) is 29.9 Å². The third kappa shape index (κ3) is 2.34. The lowest BCUT2D eigenvalue weighted by Crippen LogP contribution is -2.11. The second kappa shape index (κ2) is 4.27. The van der Waals surface area contributed by atoms with Crippen LogP contribution in [-0.2, 0) is 6.61 Å². The van der Waals surface area contributed by atoms with Crippen LogP contribution in [0.2, 0.25) is 0 Å². The molecule has 1 fully saturated rings. The molecule has 1 unspecified atom stereocenters. The van der Waals surface area contributed by atoms with Gasteiger partial charge in [-0.1, -0.05) is 24.3 Å². The minimum absolute atomic E-state index is 0.0888. The first-order valence-corrected chi connectivity index (χ1v) is 5.20. The van der Waals surface area contributed by atoms with Crippen LogP contribution in [-0.4, -0.2) is 11.5 Å². The lowest BCUT2D eigenvalue weighted by Gasteiger charge is -2.16. The van der Waals surface area contributed by atoms with Gasteiger partial charge in [-0.2, -0.15) is 0 Å². The van der Waals surface area contributed by atoms with Gasteiger partial charge >= 0.3 is 0 Å². The predicted molar refractivity (Wildman–Crippen MR) is 53.8 cm³/mol. The molecule has 15 heavy (non-hydrogen) atoms. The summed E-state index contributed by atoms with van der Waals surface area (Å²) >= 11 is 0. The molecule has 0 aromatic heterocycles. The van der Waals surface area contributed by atoms with E-state index in [-0.39, 0.29) is 12.5 Å². The van der Waals surface area contributed by atoms with E-state index in [1.54, 1.807) is 24.3 Å². The van der Waals surface area contributed by atoms with Gasteiger partial charge in [0.1, 0.15) is 0 Å². The molecule has 1 saturated carbocycles. The molecule has 82 valence electrons. The SMILES string of the molecule is OCc1cccc(C(C(F)F)C2CC2)c1. The zero-order chi connectivity index (χ0) is 10.8. The van der Waals surface area contributed by atoms with E-state index in [0.29, 0.717) is 11.1 Å². The molecule has 1 aromatic carbocycles. The van der Waals surface area contributed by atoms with Crippen LogP contribution in [0.25, 0.3) is 0 Å². The second-order valence-electron chi connectivity index (χ2n) is 4.10. The second-order valence-corrected chi connectivity index (χ2v) is 4.10.